The van der Waals surface area contributed by atoms with Crippen LogP contribution in [0.5, 0.6) is 0 Å². The van der Waals surface area contributed by atoms with Gasteiger partial charge in [-0.3, -0.25) is 0 Å². The van der Waals surface area contributed by atoms with E-state index in [0.29, 0.717) is 31.3 Å². The second-order valence-electron chi connectivity index (χ2n) is 7.04. The molecular formula is C19H22FN5O2. The minimum Gasteiger partial charge on any atom is -0.357 e. The molecule has 1 aromatic carbocycles. The molecule has 2 N–H and O–H groups in total. The van der Waals surface area contributed by atoms with Gasteiger partial charge in [-0.15, -0.1) is 0 Å². The molecule has 7 nitrogen and oxygen atoms in total. The summed E-state index contributed by atoms with van der Waals surface area (Å²) in [5.41, 5.74) is 1.69. The van der Waals surface area contributed by atoms with E-state index in [-0.39, 0.29) is 11.8 Å². The van der Waals surface area contributed by atoms with Crippen LogP contribution in [0, 0.1) is 5.82 Å². The SMILES string of the molecule is CN(Cc1cc2cc(F)ccc2[nH]1)C(=O)NCCc1noc(C2CCC2)n1. The van der Waals surface area contributed by atoms with Crippen LogP contribution in [0.25, 0.3) is 10.9 Å². The van der Waals surface area contributed by atoms with Gasteiger partial charge in [0.1, 0.15) is 5.82 Å². The van der Waals surface area contributed by atoms with Gasteiger partial charge in [0.2, 0.25) is 5.89 Å². The Kier molecular flexibility index (Phi) is 4.79. The quantitative estimate of drug-likeness (QED) is 0.696. The Morgan fingerprint density at radius 1 is 1.41 bits per heavy atom. The predicted octanol–water partition coefficient (Wildman–Crippen LogP) is 3.34. The first-order valence-electron chi connectivity index (χ1n) is 9.17. The molecule has 0 spiro atoms. The molecule has 0 bridgehead atoms. The monoisotopic (exact) mass is 371 g/mol. The molecule has 1 aliphatic carbocycles. The highest BCUT2D eigenvalue weighted by molar-refractivity contribution is 5.80. The molecule has 8 heteroatoms. The molecule has 0 saturated heterocycles. The van der Waals surface area contributed by atoms with Crippen LogP contribution >= 0.6 is 0 Å². The maximum absolute atomic E-state index is 13.3. The fraction of sp³-hybridized carbons (Fsp3) is 0.421. The van der Waals surface area contributed by atoms with Crippen molar-refractivity contribution in [3.63, 3.8) is 0 Å². The van der Waals surface area contributed by atoms with Crippen molar-refractivity contribution in [3.8, 4) is 0 Å². The van der Waals surface area contributed by atoms with Gasteiger partial charge >= 0.3 is 6.03 Å². The number of rotatable bonds is 6. The number of carbonyl (C=O) groups is 1. The van der Waals surface area contributed by atoms with E-state index >= 15 is 0 Å². The highest BCUT2D eigenvalue weighted by Crippen LogP contribution is 2.35. The van der Waals surface area contributed by atoms with Crippen LogP contribution in [0.2, 0.25) is 0 Å². The lowest BCUT2D eigenvalue weighted by molar-refractivity contribution is 0.206. The number of urea groups is 1. The van der Waals surface area contributed by atoms with Crippen LogP contribution in [0.4, 0.5) is 9.18 Å². The topological polar surface area (TPSA) is 87.0 Å². The number of nitrogens with one attached hydrogen (secondary N) is 2. The van der Waals surface area contributed by atoms with Crippen molar-refractivity contribution in [1.29, 1.82) is 0 Å². The van der Waals surface area contributed by atoms with E-state index in [1.54, 1.807) is 18.0 Å². The van der Waals surface area contributed by atoms with Crippen LogP contribution in [0.15, 0.2) is 28.8 Å². The number of fused-ring (bicyclic) bond motifs is 1. The smallest absolute Gasteiger partial charge is 0.317 e. The summed E-state index contributed by atoms with van der Waals surface area (Å²) in [6.45, 7) is 0.834. The van der Waals surface area contributed by atoms with E-state index in [0.717, 1.165) is 35.3 Å². The fourth-order valence-corrected chi connectivity index (χ4v) is 3.18. The van der Waals surface area contributed by atoms with E-state index in [1.807, 2.05) is 6.07 Å². The molecule has 1 fully saturated rings. The predicted molar refractivity (Wildman–Crippen MR) is 97.7 cm³/mol. The van der Waals surface area contributed by atoms with Gasteiger partial charge in [0.25, 0.3) is 0 Å². The molecule has 1 aliphatic rings. The lowest BCUT2D eigenvalue weighted by Gasteiger charge is -2.20. The van der Waals surface area contributed by atoms with Crippen molar-refractivity contribution in [2.75, 3.05) is 13.6 Å². The van der Waals surface area contributed by atoms with E-state index < -0.39 is 0 Å². The minimum absolute atomic E-state index is 0.192. The Morgan fingerprint density at radius 3 is 3.04 bits per heavy atom. The molecule has 0 aliphatic heterocycles. The zero-order valence-corrected chi connectivity index (χ0v) is 15.2. The van der Waals surface area contributed by atoms with Gasteiger partial charge in [0.15, 0.2) is 5.82 Å². The number of H-pyrrole nitrogens is 1. The van der Waals surface area contributed by atoms with Gasteiger partial charge in [-0.05, 0) is 37.1 Å². The van der Waals surface area contributed by atoms with Crippen LogP contribution < -0.4 is 5.32 Å². The Bertz CT molecular complexity index is 947. The van der Waals surface area contributed by atoms with Gasteiger partial charge in [0.05, 0.1) is 6.54 Å². The zero-order valence-electron chi connectivity index (χ0n) is 15.2. The third kappa shape index (κ3) is 3.94. The van der Waals surface area contributed by atoms with Crippen LogP contribution in [-0.2, 0) is 13.0 Å². The molecule has 2 heterocycles. The number of nitrogens with zero attached hydrogens (tertiary/aromatic N) is 3. The summed E-state index contributed by atoms with van der Waals surface area (Å²) in [6, 6.07) is 6.23. The highest BCUT2D eigenvalue weighted by atomic mass is 19.1. The van der Waals surface area contributed by atoms with Crippen LogP contribution in [-0.4, -0.2) is 39.6 Å². The molecule has 0 radical (unpaired) electrons. The van der Waals surface area contributed by atoms with E-state index in [2.05, 4.69) is 20.4 Å². The molecular weight excluding hydrogens is 349 g/mol. The summed E-state index contributed by atoms with van der Waals surface area (Å²) in [7, 11) is 1.71. The summed E-state index contributed by atoms with van der Waals surface area (Å²) in [5, 5.41) is 7.62. The van der Waals surface area contributed by atoms with Gasteiger partial charge < -0.3 is 19.7 Å². The van der Waals surface area contributed by atoms with Crippen LogP contribution in [0.1, 0.15) is 42.6 Å². The van der Waals surface area contributed by atoms with E-state index in [9.17, 15) is 9.18 Å². The molecule has 2 aromatic heterocycles. The van der Waals surface area contributed by atoms with Gasteiger partial charge in [-0.25, -0.2) is 9.18 Å². The summed E-state index contributed by atoms with van der Waals surface area (Å²) in [6.07, 6.45) is 3.98. The number of halogens is 1. The molecule has 4 rings (SSSR count). The first-order valence-corrected chi connectivity index (χ1v) is 9.17. The number of carbonyl (C=O) groups excluding carboxylic acids is 1. The number of aromatic amines is 1. The van der Waals surface area contributed by atoms with Crippen LogP contribution in [0.3, 0.4) is 0 Å². The number of benzene rings is 1. The van der Waals surface area contributed by atoms with E-state index in [4.69, 9.17) is 4.52 Å². The largest absolute Gasteiger partial charge is 0.357 e. The number of amides is 2. The van der Waals surface area contributed by atoms with Gasteiger partial charge in [-0.2, -0.15) is 4.98 Å². The third-order valence-corrected chi connectivity index (χ3v) is 4.96. The van der Waals surface area contributed by atoms with Gasteiger partial charge in [0, 0.05) is 42.5 Å². The summed E-state index contributed by atoms with van der Waals surface area (Å²) in [5.74, 6) is 1.48. The van der Waals surface area contributed by atoms with E-state index in [1.165, 1.54) is 18.6 Å². The van der Waals surface area contributed by atoms with Gasteiger partial charge in [-0.1, -0.05) is 11.6 Å². The fourth-order valence-electron chi connectivity index (χ4n) is 3.18. The van der Waals surface area contributed by atoms with Crippen molar-refractivity contribution in [2.45, 2.75) is 38.1 Å². The normalized spacial score (nSPS) is 14.3. The Balaban J connectivity index is 1.26. The Hall–Kier alpha value is -2.90. The standard InChI is InChI=1S/C19H22FN5O2/c1-25(11-15-10-13-9-14(20)5-6-16(13)22-15)19(26)21-8-7-17-23-18(27-24-17)12-3-2-4-12/h5-6,9-10,12,22H,2-4,7-8,11H2,1H3,(H,21,26). The number of hydrogen-bond donors (Lipinski definition) is 2. The Morgan fingerprint density at radius 2 is 2.26 bits per heavy atom. The molecule has 142 valence electrons. The van der Waals surface area contributed by atoms with Crippen molar-refractivity contribution in [2.24, 2.45) is 0 Å². The average molecular weight is 371 g/mol. The maximum atomic E-state index is 13.3. The lowest BCUT2D eigenvalue weighted by Crippen LogP contribution is -2.37. The second-order valence-corrected chi connectivity index (χ2v) is 7.04. The number of hydrogen-bond acceptors (Lipinski definition) is 4. The molecule has 1 saturated carbocycles. The second kappa shape index (κ2) is 7.38. The maximum Gasteiger partial charge on any atom is 0.317 e. The molecule has 2 amide bonds. The van der Waals surface area contributed by atoms with Crippen molar-refractivity contribution in [1.82, 2.24) is 25.3 Å². The lowest BCUT2D eigenvalue weighted by atomic mass is 9.85. The van der Waals surface area contributed by atoms with Crippen molar-refractivity contribution >= 4 is 16.9 Å². The number of aromatic nitrogens is 3. The first-order chi connectivity index (χ1) is 13.1. The summed E-state index contributed by atoms with van der Waals surface area (Å²) < 4.78 is 18.6. The third-order valence-electron chi connectivity index (χ3n) is 4.96. The summed E-state index contributed by atoms with van der Waals surface area (Å²) in [4.78, 5) is 21.4. The summed E-state index contributed by atoms with van der Waals surface area (Å²) >= 11 is 0. The van der Waals surface area contributed by atoms with Crippen molar-refractivity contribution < 1.29 is 13.7 Å². The molecule has 0 unspecified atom stereocenters. The first kappa shape index (κ1) is 17.5. The molecule has 27 heavy (non-hydrogen) atoms. The average Bonchev–Trinajstić information content (AvgIpc) is 3.19. The molecule has 3 aromatic rings. The minimum atomic E-state index is -0.277. The highest BCUT2D eigenvalue weighted by Gasteiger charge is 2.25. The Labute approximate surface area is 155 Å². The van der Waals surface area contributed by atoms with Crippen molar-refractivity contribution in [3.05, 3.63) is 47.5 Å². The zero-order chi connectivity index (χ0) is 18.8. The molecule has 0 atom stereocenters.